The third-order valence-corrected chi connectivity index (χ3v) is 16.5. The minimum absolute atomic E-state index is 0.0187. The number of para-hydroxylation sites is 3. The van der Waals surface area contributed by atoms with Crippen LogP contribution in [0.15, 0.2) is 212 Å². The summed E-state index contributed by atoms with van der Waals surface area (Å²) in [6, 6.07) is 75.9. The van der Waals surface area contributed by atoms with E-state index in [1.165, 1.54) is 83.4 Å². The highest BCUT2D eigenvalue weighted by atomic mass is 16.5. The third-order valence-electron chi connectivity index (χ3n) is 16.5. The molecule has 0 unspecified atom stereocenters. The highest BCUT2D eigenvalue weighted by Crippen LogP contribution is 2.39. The molecule has 0 saturated heterocycles. The Hall–Kier alpha value is -8.80. The van der Waals surface area contributed by atoms with Crippen molar-refractivity contribution in [2.75, 3.05) is 0 Å². The fourth-order valence-electron chi connectivity index (χ4n) is 12.5. The van der Waals surface area contributed by atoms with E-state index in [0.717, 1.165) is 102 Å². The van der Waals surface area contributed by atoms with Gasteiger partial charge in [-0.1, -0.05) is 172 Å². The average molecular weight is 997 g/mol. The molecule has 0 amide bonds. The zero-order chi connectivity index (χ0) is 51.6. The first-order valence-corrected chi connectivity index (χ1v) is 27.5. The minimum atomic E-state index is -0.0187. The highest BCUT2D eigenvalue weighted by molar-refractivity contribution is 6.09. The van der Waals surface area contributed by atoms with Crippen LogP contribution < -0.4 is 9.30 Å². The molecule has 0 saturated carbocycles. The molecule has 12 aromatic rings. The molecular weight excluding hydrogens is 937 g/mol. The Morgan fingerprint density at radius 3 is 1.79 bits per heavy atom. The average Bonchev–Trinajstić information content (AvgIpc) is 4.16. The lowest BCUT2D eigenvalue weighted by atomic mass is 9.82. The van der Waals surface area contributed by atoms with Crippen LogP contribution in [0.2, 0.25) is 0 Å². The van der Waals surface area contributed by atoms with E-state index in [4.69, 9.17) is 9.72 Å². The van der Waals surface area contributed by atoms with Crippen molar-refractivity contribution in [3.05, 3.63) is 269 Å². The predicted octanol–water partition coefficient (Wildman–Crippen LogP) is 16.4. The van der Waals surface area contributed by atoms with Crippen molar-refractivity contribution in [2.24, 2.45) is 0 Å². The number of rotatable bonds is 7. The lowest BCUT2D eigenvalue weighted by Crippen LogP contribution is -2.35. The zero-order valence-corrected chi connectivity index (χ0v) is 44.1. The van der Waals surface area contributed by atoms with Gasteiger partial charge in [0.1, 0.15) is 17.3 Å². The van der Waals surface area contributed by atoms with Crippen molar-refractivity contribution in [3.8, 4) is 50.9 Å². The van der Waals surface area contributed by atoms with E-state index in [0.29, 0.717) is 0 Å². The van der Waals surface area contributed by atoms with Gasteiger partial charge in [-0.2, -0.15) is 0 Å². The van der Waals surface area contributed by atoms with Gasteiger partial charge in [0, 0.05) is 23.0 Å². The fourth-order valence-corrected chi connectivity index (χ4v) is 12.5. The van der Waals surface area contributed by atoms with Gasteiger partial charge >= 0.3 is 0 Å². The highest BCUT2D eigenvalue weighted by Gasteiger charge is 2.26. The van der Waals surface area contributed by atoms with Crippen LogP contribution in [0, 0.1) is 6.33 Å². The molecule has 8 aliphatic carbocycles. The number of aromatic nitrogens is 4. The number of nitrogens with zero attached hydrogens (tertiary/aromatic N) is 4. The standard InChI is InChI=1S/C72H60N4O/c1-72(2,3)56-39-40-73-70(44-56)76-66-22-11-10-21-62(66)63-38-35-59(46-69(63)76)77-58-20-14-19-57(45-58)74-47-75(68-24-13-12-23-67(68)74)71-60-36-28-49-26-29-52(64(42-49)50-15-6-4-7-16-50)32-33-55-43-54(60)31-27-48-25-30-53(34-37-61(55)71)65(41-48)51-17-8-5-9-18-51/h4-26,29-30,35,38-46H,27-28,31-34,36-37H2,1-3H3. The second kappa shape index (κ2) is 19.1. The topological polar surface area (TPSA) is 35.9 Å². The van der Waals surface area contributed by atoms with Gasteiger partial charge in [-0.25, -0.2) is 4.98 Å². The van der Waals surface area contributed by atoms with E-state index in [1.54, 1.807) is 0 Å². The molecule has 374 valence electrons. The first kappa shape index (κ1) is 46.7. The lowest BCUT2D eigenvalue weighted by molar-refractivity contribution is -0.573. The van der Waals surface area contributed by atoms with Crippen molar-refractivity contribution in [1.29, 1.82) is 0 Å². The molecule has 5 nitrogen and oxygen atoms in total. The molecule has 0 radical (unpaired) electrons. The first-order valence-electron chi connectivity index (χ1n) is 27.5. The van der Waals surface area contributed by atoms with Crippen molar-refractivity contribution >= 4 is 32.8 Å². The normalized spacial score (nSPS) is 13.5. The van der Waals surface area contributed by atoms with Crippen LogP contribution >= 0.6 is 0 Å². The Labute approximate surface area is 451 Å². The summed E-state index contributed by atoms with van der Waals surface area (Å²) in [7, 11) is 0. The monoisotopic (exact) mass is 996 g/mol. The molecule has 9 aromatic carbocycles. The van der Waals surface area contributed by atoms with Crippen molar-refractivity contribution < 1.29 is 9.30 Å². The molecule has 0 aliphatic heterocycles. The summed E-state index contributed by atoms with van der Waals surface area (Å²) in [4.78, 5) is 4.93. The van der Waals surface area contributed by atoms with E-state index >= 15 is 0 Å². The molecule has 3 heterocycles. The van der Waals surface area contributed by atoms with Crippen LogP contribution in [-0.2, 0) is 56.8 Å². The smallest absolute Gasteiger partial charge is 0.269 e. The van der Waals surface area contributed by atoms with E-state index in [1.807, 2.05) is 6.20 Å². The summed E-state index contributed by atoms with van der Waals surface area (Å²) in [5.41, 5.74) is 24.5. The summed E-state index contributed by atoms with van der Waals surface area (Å²) in [5, 5.41) is 2.34. The fraction of sp³-hybridized carbons (Fsp3) is 0.167. The van der Waals surface area contributed by atoms with Gasteiger partial charge in [-0.05, 0) is 178 Å². The molecule has 3 aromatic heterocycles. The number of aryl methyl sites for hydroxylation is 6. The summed E-state index contributed by atoms with van der Waals surface area (Å²) >= 11 is 0. The van der Waals surface area contributed by atoms with Crippen molar-refractivity contribution in [3.63, 3.8) is 0 Å². The molecular formula is C72H60N4O. The number of benzene rings is 9. The second-order valence-electron chi connectivity index (χ2n) is 22.3. The number of imidazole rings is 1. The van der Waals surface area contributed by atoms with Crippen molar-refractivity contribution in [1.82, 2.24) is 14.1 Å². The molecule has 0 spiro atoms. The Morgan fingerprint density at radius 2 is 1.06 bits per heavy atom. The van der Waals surface area contributed by atoms with Crippen molar-refractivity contribution in [2.45, 2.75) is 77.6 Å². The Morgan fingerprint density at radius 1 is 0.468 bits per heavy atom. The second-order valence-corrected chi connectivity index (χ2v) is 22.3. The molecule has 0 atom stereocenters. The SMILES string of the molecule is CC(C)(C)c1ccnc(-n2c3ccccc3c3ccc(Oc4cccc(-n5[c-][n+](-c6c7c8cc(c6CCc6ccc(cc6-c6ccccc6)CC8)CCc6ccc(cc6-c6ccccc6)CC7)c6ccccc65)c4)cc32)c1. The molecule has 5 heteroatoms. The first-order chi connectivity index (χ1) is 37.8. The maximum absolute atomic E-state index is 6.89. The Kier molecular flexibility index (Phi) is 11.6. The van der Waals surface area contributed by atoms with Crippen LogP contribution in [-0.4, -0.2) is 14.1 Å². The van der Waals surface area contributed by atoms with E-state index in [-0.39, 0.29) is 5.41 Å². The largest absolute Gasteiger partial charge is 0.458 e. The summed E-state index contributed by atoms with van der Waals surface area (Å²) in [5.74, 6) is 2.41. The molecule has 8 aliphatic rings. The zero-order valence-electron chi connectivity index (χ0n) is 44.1. The summed E-state index contributed by atoms with van der Waals surface area (Å²) in [6.45, 7) is 6.75. The number of pyridine rings is 1. The maximum atomic E-state index is 6.89. The van der Waals surface area contributed by atoms with Gasteiger partial charge in [-0.15, -0.1) is 0 Å². The Balaban J connectivity index is 0.894. The Bertz CT molecular complexity index is 4230. The number of hydrogen-bond donors (Lipinski definition) is 0. The van der Waals surface area contributed by atoms with Gasteiger partial charge < -0.3 is 4.74 Å². The van der Waals surface area contributed by atoms with Gasteiger partial charge in [0.25, 0.3) is 6.33 Å². The van der Waals surface area contributed by atoms with Gasteiger partial charge in [0.05, 0.1) is 33.4 Å². The number of hydrogen-bond acceptors (Lipinski definition) is 2. The summed E-state index contributed by atoms with van der Waals surface area (Å²) < 4.78 is 13.9. The van der Waals surface area contributed by atoms with Crippen LogP contribution in [0.4, 0.5) is 0 Å². The predicted molar refractivity (Wildman–Crippen MR) is 314 cm³/mol. The molecule has 20 rings (SSSR count). The van der Waals surface area contributed by atoms with Gasteiger partial charge in [-0.3, -0.25) is 13.7 Å². The van der Waals surface area contributed by atoms with Crippen LogP contribution in [0.25, 0.3) is 72.3 Å². The van der Waals surface area contributed by atoms with Gasteiger partial charge in [0.15, 0.2) is 0 Å². The third kappa shape index (κ3) is 8.61. The molecule has 77 heavy (non-hydrogen) atoms. The van der Waals surface area contributed by atoms with Crippen LogP contribution in [0.1, 0.15) is 70.8 Å². The molecule has 8 bridgehead atoms. The van der Waals surface area contributed by atoms with Crippen LogP contribution in [0.3, 0.4) is 0 Å². The number of fused-ring (bicyclic) bond motifs is 4. The number of ether oxygens (including phenoxy) is 1. The lowest BCUT2D eigenvalue weighted by Gasteiger charge is -2.26. The molecule has 0 fully saturated rings. The molecule has 0 N–H and O–H groups in total. The van der Waals surface area contributed by atoms with Crippen LogP contribution in [0.5, 0.6) is 11.5 Å². The van der Waals surface area contributed by atoms with E-state index < -0.39 is 0 Å². The summed E-state index contributed by atoms with van der Waals surface area (Å²) in [6.07, 6.45) is 13.5. The van der Waals surface area contributed by atoms with E-state index in [9.17, 15) is 0 Å². The quantitative estimate of drug-likeness (QED) is 0.118. The maximum Gasteiger partial charge on any atom is 0.269 e. The van der Waals surface area contributed by atoms with Gasteiger partial charge in [0.2, 0.25) is 0 Å². The van der Waals surface area contributed by atoms with E-state index in [2.05, 4.69) is 247 Å². The minimum Gasteiger partial charge on any atom is -0.458 e.